The molecule has 0 spiro atoms. The van der Waals surface area contributed by atoms with Gasteiger partial charge in [-0.05, 0) is 37.0 Å². The molecular weight excluding hydrogens is 228 g/mol. The van der Waals surface area contributed by atoms with Crippen LogP contribution in [0.25, 0.3) is 5.69 Å². The number of nitrogens with zero attached hydrogens (tertiary/aromatic N) is 2. The van der Waals surface area contributed by atoms with Crippen LogP contribution in [-0.2, 0) is 11.2 Å². The maximum atomic E-state index is 10.4. The van der Waals surface area contributed by atoms with E-state index in [4.69, 9.17) is 5.11 Å². The van der Waals surface area contributed by atoms with Crippen LogP contribution in [0.2, 0.25) is 0 Å². The summed E-state index contributed by atoms with van der Waals surface area (Å²) in [4.78, 5) is 14.4. The second-order valence-electron chi connectivity index (χ2n) is 4.24. The molecule has 1 aromatic carbocycles. The van der Waals surface area contributed by atoms with Crippen LogP contribution in [0.15, 0.2) is 43.0 Å². The van der Waals surface area contributed by atoms with Crippen molar-refractivity contribution in [3.05, 3.63) is 48.5 Å². The maximum Gasteiger partial charge on any atom is 0.303 e. The van der Waals surface area contributed by atoms with Crippen molar-refractivity contribution in [2.24, 2.45) is 0 Å². The van der Waals surface area contributed by atoms with Crippen molar-refractivity contribution >= 4 is 5.97 Å². The molecule has 0 amide bonds. The number of carbonyl (C=O) groups is 1. The van der Waals surface area contributed by atoms with E-state index in [-0.39, 0.29) is 6.42 Å². The molecule has 1 aromatic heterocycles. The number of benzene rings is 1. The van der Waals surface area contributed by atoms with Crippen LogP contribution in [0.1, 0.15) is 24.8 Å². The van der Waals surface area contributed by atoms with E-state index in [0.717, 1.165) is 24.9 Å². The second-order valence-corrected chi connectivity index (χ2v) is 4.24. The molecule has 4 nitrogen and oxygen atoms in total. The number of aliphatic carboxylic acids is 1. The van der Waals surface area contributed by atoms with Gasteiger partial charge in [-0.2, -0.15) is 0 Å². The molecule has 0 saturated carbocycles. The highest BCUT2D eigenvalue weighted by Gasteiger charge is 2.00. The monoisotopic (exact) mass is 244 g/mol. The largest absolute Gasteiger partial charge is 0.481 e. The first-order chi connectivity index (χ1) is 8.75. The first-order valence-electron chi connectivity index (χ1n) is 6.05. The molecule has 0 radical (unpaired) electrons. The minimum atomic E-state index is -0.720. The van der Waals surface area contributed by atoms with Gasteiger partial charge in [0.1, 0.15) is 0 Å². The Balaban J connectivity index is 1.94. The molecule has 0 aliphatic heterocycles. The number of carboxylic acid groups (broad SMARTS) is 1. The van der Waals surface area contributed by atoms with Gasteiger partial charge in [0, 0.05) is 24.5 Å². The molecule has 0 aliphatic carbocycles. The van der Waals surface area contributed by atoms with Gasteiger partial charge in [-0.25, -0.2) is 4.98 Å². The van der Waals surface area contributed by atoms with Crippen LogP contribution in [0.5, 0.6) is 0 Å². The zero-order chi connectivity index (χ0) is 12.8. The maximum absolute atomic E-state index is 10.4. The standard InChI is InChI=1S/C14H16N2O2/c17-14(18)7-2-1-4-12-5-3-6-13(10-12)16-9-8-15-11-16/h3,5-6,8-11H,1-2,4,7H2,(H,17,18). The Morgan fingerprint density at radius 2 is 2.22 bits per heavy atom. The summed E-state index contributed by atoms with van der Waals surface area (Å²) in [6.45, 7) is 0. The van der Waals surface area contributed by atoms with E-state index in [1.807, 2.05) is 22.9 Å². The smallest absolute Gasteiger partial charge is 0.303 e. The van der Waals surface area contributed by atoms with Gasteiger partial charge in [0.05, 0.1) is 6.33 Å². The van der Waals surface area contributed by atoms with Crippen molar-refractivity contribution in [2.75, 3.05) is 0 Å². The topological polar surface area (TPSA) is 55.1 Å². The van der Waals surface area contributed by atoms with Gasteiger partial charge in [0.25, 0.3) is 0 Å². The fourth-order valence-electron chi connectivity index (χ4n) is 1.89. The molecule has 0 fully saturated rings. The lowest BCUT2D eigenvalue weighted by molar-refractivity contribution is -0.137. The van der Waals surface area contributed by atoms with Gasteiger partial charge in [0.15, 0.2) is 0 Å². The SMILES string of the molecule is O=C(O)CCCCc1cccc(-n2ccnc2)c1. The van der Waals surface area contributed by atoms with Crippen LogP contribution >= 0.6 is 0 Å². The Morgan fingerprint density at radius 1 is 1.33 bits per heavy atom. The predicted molar refractivity (Wildman–Crippen MR) is 68.8 cm³/mol. The zero-order valence-corrected chi connectivity index (χ0v) is 10.1. The summed E-state index contributed by atoms with van der Waals surface area (Å²) < 4.78 is 1.96. The molecular formula is C14H16N2O2. The van der Waals surface area contributed by atoms with Crippen LogP contribution < -0.4 is 0 Å². The third-order valence-corrected chi connectivity index (χ3v) is 2.82. The van der Waals surface area contributed by atoms with E-state index in [0.29, 0.717) is 0 Å². The molecule has 2 aromatic rings. The number of aromatic nitrogens is 2. The van der Waals surface area contributed by atoms with Crippen molar-refractivity contribution < 1.29 is 9.90 Å². The number of carboxylic acids is 1. The summed E-state index contributed by atoms with van der Waals surface area (Å²) in [5.41, 5.74) is 2.31. The van der Waals surface area contributed by atoms with Gasteiger partial charge in [-0.15, -0.1) is 0 Å². The Bertz CT molecular complexity index is 506. The molecule has 0 aliphatic rings. The molecule has 0 bridgehead atoms. The number of rotatable bonds is 6. The van der Waals surface area contributed by atoms with Crippen molar-refractivity contribution in [2.45, 2.75) is 25.7 Å². The average molecular weight is 244 g/mol. The predicted octanol–water partition coefficient (Wildman–Crippen LogP) is 2.67. The molecule has 0 atom stereocenters. The Morgan fingerprint density at radius 3 is 2.94 bits per heavy atom. The van der Waals surface area contributed by atoms with Crippen LogP contribution in [0.3, 0.4) is 0 Å². The Hall–Kier alpha value is -2.10. The van der Waals surface area contributed by atoms with Crippen molar-refractivity contribution in [3.63, 3.8) is 0 Å². The van der Waals surface area contributed by atoms with Crippen LogP contribution in [0, 0.1) is 0 Å². The van der Waals surface area contributed by atoms with E-state index in [9.17, 15) is 4.79 Å². The summed E-state index contributed by atoms with van der Waals surface area (Å²) in [5.74, 6) is -0.720. The van der Waals surface area contributed by atoms with Crippen molar-refractivity contribution in [3.8, 4) is 5.69 Å². The Labute approximate surface area is 106 Å². The Kier molecular flexibility index (Phi) is 4.12. The third kappa shape index (κ3) is 3.45. The van der Waals surface area contributed by atoms with E-state index >= 15 is 0 Å². The molecule has 1 heterocycles. The zero-order valence-electron chi connectivity index (χ0n) is 10.1. The molecule has 0 saturated heterocycles. The third-order valence-electron chi connectivity index (χ3n) is 2.82. The quantitative estimate of drug-likeness (QED) is 0.795. The number of hydrogen-bond donors (Lipinski definition) is 1. The van der Waals surface area contributed by atoms with Gasteiger partial charge in [-0.3, -0.25) is 4.79 Å². The summed E-state index contributed by atoms with van der Waals surface area (Å²) in [6.07, 6.45) is 8.22. The molecule has 94 valence electrons. The fraction of sp³-hybridized carbons (Fsp3) is 0.286. The lowest BCUT2D eigenvalue weighted by Crippen LogP contribution is -1.96. The van der Waals surface area contributed by atoms with Crippen molar-refractivity contribution in [1.82, 2.24) is 9.55 Å². The number of imidazole rings is 1. The van der Waals surface area contributed by atoms with E-state index < -0.39 is 5.97 Å². The van der Waals surface area contributed by atoms with Gasteiger partial charge < -0.3 is 9.67 Å². The normalized spacial score (nSPS) is 10.4. The van der Waals surface area contributed by atoms with Gasteiger partial charge in [-0.1, -0.05) is 12.1 Å². The highest BCUT2D eigenvalue weighted by molar-refractivity contribution is 5.66. The summed E-state index contributed by atoms with van der Waals surface area (Å²) in [7, 11) is 0. The highest BCUT2D eigenvalue weighted by Crippen LogP contribution is 2.13. The van der Waals surface area contributed by atoms with Gasteiger partial charge >= 0.3 is 5.97 Å². The number of aryl methyl sites for hydroxylation is 1. The molecule has 2 rings (SSSR count). The summed E-state index contributed by atoms with van der Waals surface area (Å²) in [6, 6.07) is 8.23. The van der Waals surface area contributed by atoms with Crippen molar-refractivity contribution in [1.29, 1.82) is 0 Å². The molecule has 0 unspecified atom stereocenters. The first kappa shape index (κ1) is 12.4. The van der Waals surface area contributed by atoms with Crippen LogP contribution in [0.4, 0.5) is 0 Å². The number of hydrogen-bond acceptors (Lipinski definition) is 2. The first-order valence-corrected chi connectivity index (χ1v) is 6.05. The molecule has 1 N–H and O–H groups in total. The molecule has 18 heavy (non-hydrogen) atoms. The summed E-state index contributed by atoms with van der Waals surface area (Å²) >= 11 is 0. The summed E-state index contributed by atoms with van der Waals surface area (Å²) in [5, 5.41) is 8.57. The molecule has 4 heteroatoms. The number of unbranched alkanes of at least 4 members (excludes halogenated alkanes) is 1. The lowest BCUT2D eigenvalue weighted by atomic mass is 10.1. The van der Waals surface area contributed by atoms with Gasteiger partial charge in [0.2, 0.25) is 0 Å². The minimum absolute atomic E-state index is 0.251. The van der Waals surface area contributed by atoms with E-state index in [1.165, 1.54) is 5.56 Å². The average Bonchev–Trinajstić information content (AvgIpc) is 2.89. The highest BCUT2D eigenvalue weighted by atomic mass is 16.4. The minimum Gasteiger partial charge on any atom is -0.481 e. The van der Waals surface area contributed by atoms with E-state index in [1.54, 1.807) is 12.5 Å². The van der Waals surface area contributed by atoms with E-state index in [2.05, 4.69) is 17.1 Å². The fourth-order valence-corrected chi connectivity index (χ4v) is 1.89. The second kappa shape index (κ2) is 6.00. The van der Waals surface area contributed by atoms with Crippen LogP contribution in [-0.4, -0.2) is 20.6 Å². The lowest BCUT2D eigenvalue weighted by Gasteiger charge is -2.05.